The van der Waals surface area contributed by atoms with E-state index in [2.05, 4.69) is 5.32 Å². The van der Waals surface area contributed by atoms with Gasteiger partial charge in [-0.05, 0) is 31.2 Å². The number of carbonyl (C=O) groups is 2. The normalized spacial score (nSPS) is 28.3. The zero-order chi connectivity index (χ0) is 16.4. The Bertz CT molecular complexity index is 589. The summed E-state index contributed by atoms with van der Waals surface area (Å²) in [6.45, 7) is 3.47. The van der Waals surface area contributed by atoms with E-state index in [1.54, 1.807) is 0 Å². The van der Waals surface area contributed by atoms with Gasteiger partial charge in [0.25, 0.3) is 0 Å². The van der Waals surface area contributed by atoms with Crippen LogP contribution in [0.1, 0.15) is 37.8 Å². The molecule has 1 saturated heterocycles. The number of aliphatic carboxylic acids is 1. The number of likely N-dealkylation sites (tertiary alicyclic amines) is 1. The molecule has 3 atom stereocenters. The van der Waals surface area contributed by atoms with Crippen molar-refractivity contribution in [1.29, 1.82) is 0 Å². The van der Waals surface area contributed by atoms with Crippen LogP contribution in [0.25, 0.3) is 0 Å². The average Bonchev–Trinajstić information content (AvgIpc) is 3.05. The molecule has 1 aromatic carbocycles. The van der Waals surface area contributed by atoms with Crippen molar-refractivity contribution in [2.75, 3.05) is 19.6 Å². The first-order chi connectivity index (χ1) is 11.0. The smallest absolute Gasteiger partial charge is 0.311 e. The monoisotopic (exact) mass is 316 g/mol. The molecule has 0 radical (unpaired) electrons. The summed E-state index contributed by atoms with van der Waals surface area (Å²) >= 11 is 0. The first-order valence-electron chi connectivity index (χ1n) is 8.31. The number of hydrogen-bond acceptors (Lipinski definition) is 3. The first kappa shape index (κ1) is 16.0. The molecule has 1 amide bonds. The Balaban J connectivity index is 1.56. The highest BCUT2D eigenvalue weighted by molar-refractivity contribution is 5.79. The van der Waals surface area contributed by atoms with Crippen LogP contribution in [0.5, 0.6) is 0 Å². The summed E-state index contributed by atoms with van der Waals surface area (Å²) in [6, 6.07) is 9.80. The molecule has 124 valence electrons. The summed E-state index contributed by atoms with van der Waals surface area (Å²) in [5.74, 6) is -0.540. The number of benzene rings is 1. The van der Waals surface area contributed by atoms with Gasteiger partial charge in [-0.25, -0.2) is 0 Å². The molecule has 2 fully saturated rings. The van der Waals surface area contributed by atoms with Gasteiger partial charge in [-0.15, -0.1) is 0 Å². The summed E-state index contributed by atoms with van der Waals surface area (Å²) in [6.07, 6.45) is 2.69. The molecule has 0 bridgehead atoms. The van der Waals surface area contributed by atoms with Crippen molar-refractivity contribution < 1.29 is 14.7 Å². The number of nitrogens with one attached hydrogen (secondary N) is 1. The van der Waals surface area contributed by atoms with Crippen molar-refractivity contribution in [3.05, 3.63) is 35.9 Å². The summed E-state index contributed by atoms with van der Waals surface area (Å²) in [7, 11) is 0. The van der Waals surface area contributed by atoms with Gasteiger partial charge in [-0.2, -0.15) is 0 Å². The highest BCUT2D eigenvalue weighted by Crippen LogP contribution is 2.48. The molecule has 5 heteroatoms. The van der Waals surface area contributed by atoms with Crippen molar-refractivity contribution in [2.24, 2.45) is 11.3 Å². The maximum absolute atomic E-state index is 12.3. The van der Waals surface area contributed by atoms with Crippen LogP contribution in [0, 0.1) is 11.3 Å². The number of hydrogen-bond donors (Lipinski definition) is 2. The molecule has 1 aromatic rings. The zero-order valence-electron chi connectivity index (χ0n) is 13.5. The fourth-order valence-electron chi connectivity index (χ4n) is 4.18. The van der Waals surface area contributed by atoms with Crippen molar-refractivity contribution in [1.82, 2.24) is 10.2 Å². The lowest BCUT2D eigenvalue weighted by Crippen LogP contribution is -2.40. The van der Waals surface area contributed by atoms with E-state index in [-0.39, 0.29) is 24.4 Å². The average molecular weight is 316 g/mol. The highest BCUT2D eigenvalue weighted by Gasteiger charge is 2.54. The molecule has 1 heterocycles. The lowest BCUT2D eigenvalue weighted by atomic mass is 9.81. The predicted molar refractivity (Wildman–Crippen MR) is 86.8 cm³/mol. The molecule has 2 N–H and O–H groups in total. The minimum absolute atomic E-state index is 0.0399. The number of carboxylic acid groups (broad SMARTS) is 1. The fourth-order valence-corrected chi connectivity index (χ4v) is 4.18. The number of nitrogens with zero attached hydrogens (tertiary/aromatic N) is 1. The third kappa shape index (κ3) is 3.11. The van der Waals surface area contributed by atoms with E-state index in [0.717, 1.165) is 31.4 Å². The number of carbonyl (C=O) groups excluding carboxylic acids is 1. The van der Waals surface area contributed by atoms with Gasteiger partial charge >= 0.3 is 5.97 Å². The van der Waals surface area contributed by atoms with Gasteiger partial charge in [0.05, 0.1) is 18.0 Å². The lowest BCUT2D eigenvalue weighted by Gasteiger charge is -2.23. The van der Waals surface area contributed by atoms with E-state index < -0.39 is 11.4 Å². The fraction of sp³-hybridized carbons (Fsp3) is 0.556. The summed E-state index contributed by atoms with van der Waals surface area (Å²) in [4.78, 5) is 26.0. The zero-order valence-corrected chi connectivity index (χ0v) is 13.5. The van der Waals surface area contributed by atoms with Gasteiger partial charge in [-0.3, -0.25) is 14.5 Å². The van der Waals surface area contributed by atoms with Gasteiger partial charge < -0.3 is 10.4 Å². The van der Waals surface area contributed by atoms with Gasteiger partial charge in [0.1, 0.15) is 0 Å². The van der Waals surface area contributed by atoms with Crippen LogP contribution in [-0.4, -0.2) is 41.5 Å². The Morgan fingerprint density at radius 1 is 1.39 bits per heavy atom. The van der Waals surface area contributed by atoms with E-state index in [1.165, 1.54) is 0 Å². The lowest BCUT2D eigenvalue weighted by molar-refractivity contribution is -0.149. The maximum atomic E-state index is 12.3. The Hall–Kier alpha value is -1.88. The Morgan fingerprint density at radius 2 is 2.13 bits per heavy atom. The second-order valence-corrected chi connectivity index (χ2v) is 6.92. The number of rotatable bonds is 5. The second-order valence-electron chi connectivity index (χ2n) is 6.92. The number of fused-ring (bicyclic) bond motifs is 1. The molecule has 2 aliphatic rings. The van der Waals surface area contributed by atoms with E-state index in [9.17, 15) is 14.7 Å². The number of carboxylic acids is 1. The molecule has 1 saturated carbocycles. The van der Waals surface area contributed by atoms with Crippen LogP contribution in [0.2, 0.25) is 0 Å². The third-order valence-electron chi connectivity index (χ3n) is 5.41. The van der Waals surface area contributed by atoms with Crippen molar-refractivity contribution in [2.45, 2.75) is 32.2 Å². The molecule has 0 spiro atoms. The highest BCUT2D eigenvalue weighted by atomic mass is 16.4. The van der Waals surface area contributed by atoms with Crippen LogP contribution in [0.15, 0.2) is 30.3 Å². The molecule has 1 unspecified atom stereocenters. The standard InChI is InChI=1S/C18H24N2O3/c1-13(14-6-3-2-4-7-14)19-16(21)11-20-10-15-8-5-9-18(15,12-20)17(22)23/h2-4,6-7,13,15H,5,8-12H2,1H3,(H,19,21)(H,22,23)/t13?,15-,18+/m0/s1. The largest absolute Gasteiger partial charge is 0.481 e. The van der Waals surface area contributed by atoms with E-state index in [0.29, 0.717) is 6.54 Å². The molecule has 5 nitrogen and oxygen atoms in total. The van der Waals surface area contributed by atoms with Crippen LogP contribution in [-0.2, 0) is 9.59 Å². The SMILES string of the molecule is CC(NC(=O)CN1C[C@@H]2CCC[C@@]2(C(=O)O)C1)c1ccccc1. The van der Waals surface area contributed by atoms with Crippen LogP contribution in [0.3, 0.4) is 0 Å². The van der Waals surface area contributed by atoms with E-state index in [1.807, 2.05) is 42.2 Å². The van der Waals surface area contributed by atoms with Crippen molar-refractivity contribution in [3.63, 3.8) is 0 Å². The molecule has 1 aliphatic heterocycles. The third-order valence-corrected chi connectivity index (χ3v) is 5.41. The minimum atomic E-state index is -0.694. The second kappa shape index (κ2) is 6.32. The first-order valence-corrected chi connectivity index (χ1v) is 8.31. The van der Waals surface area contributed by atoms with Gasteiger partial charge in [0, 0.05) is 13.1 Å². The quantitative estimate of drug-likeness (QED) is 0.872. The predicted octanol–water partition coefficient (Wildman–Crippen LogP) is 2.05. The molecule has 3 rings (SSSR count). The van der Waals surface area contributed by atoms with Crippen LogP contribution in [0.4, 0.5) is 0 Å². The van der Waals surface area contributed by atoms with Gasteiger partial charge in [0.15, 0.2) is 0 Å². The Kier molecular flexibility index (Phi) is 4.39. The van der Waals surface area contributed by atoms with Crippen molar-refractivity contribution in [3.8, 4) is 0 Å². The number of amides is 1. The summed E-state index contributed by atoms with van der Waals surface area (Å²) < 4.78 is 0. The topological polar surface area (TPSA) is 69.6 Å². The van der Waals surface area contributed by atoms with Crippen LogP contribution < -0.4 is 5.32 Å². The van der Waals surface area contributed by atoms with E-state index >= 15 is 0 Å². The molecular formula is C18H24N2O3. The van der Waals surface area contributed by atoms with Crippen LogP contribution >= 0.6 is 0 Å². The maximum Gasteiger partial charge on any atom is 0.311 e. The van der Waals surface area contributed by atoms with Gasteiger partial charge in [-0.1, -0.05) is 36.8 Å². The Labute approximate surface area is 136 Å². The molecular weight excluding hydrogens is 292 g/mol. The molecule has 23 heavy (non-hydrogen) atoms. The summed E-state index contributed by atoms with van der Waals surface area (Å²) in [5.41, 5.74) is 0.451. The van der Waals surface area contributed by atoms with E-state index in [4.69, 9.17) is 0 Å². The molecule has 1 aliphatic carbocycles. The summed E-state index contributed by atoms with van der Waals surface area (Å²) in [5, 5.41) is 12.6. The van der Waals surface area contributed by atoms with Crippen molar-refractivity contribution >= 4 is 11.9 Å². The Morgan fingerprint density at radius 3 is 2.78 bits per heavy atom. The minimum Gasteiger partial charge on any atom is -0.481 e. The molecule has 0 aromatic heterocycles. The van der Waals surface area contributed by atoms with Gasteiger partial charge in [0.2, 0.25) is 5.91 Å².